The predicted octanol–water partition coefficient (Wildman–Crippen LogP) is 4.28. The monoisotopic (exact) mass is 587 g/mol. The number of carbonyl (C=O) groups excluding carboxylic acids is 3. The highest BCUT2D eigenvalue weighted by molar-refractivity contribution is 7.85. The Kier molecular flexibility index (Phi) is 10.3. The maximum Gasteiger partial charge on any atom is 0.242 e. The molecule has 9 nitrogen and oxygen atoms in total. The highest BCUT2D eigenvalue weighted by Gasteiger charge is 2.47. The van der Waals surface area contributed by atoms with Gasteiger partial charge in [0.25, 0.3) is 0 Å². The number of thiazole rings is 1. The minimum atomic E-state index is -1.19. The third kappa shape index (κ3) is 8.13. The topological polar surface area (TPSA) is 134 Å². The molecule has 2 aliphatic carbocycles. The van der Waals surface area contributed by atoms with Crippen molar-refractivity contribution in [3.8, 4) is 0 Å². The van der Waals surface area contributed by atoms with Gasteiger partial charge >= 0.3 is 0 Å². The summed E-state index contributed by atoms with van der Waals surface area (Å²) < 4.78 is 15.5. The maximum atomic E-state index is 12.2. The molecule has 2 heterocycles. The molecule has 1 aromatic carbocycles. The van der Waals surface area contributed by atoms with Crippen LogP contribution in [0.15, 0.2) is 36.4 Å². The van der Waals surface area contributed by atoms with Gasteiger partial charge in [0.1, 0.15) is 17.0 Å². The molecular formula is C29H41N5O4S2. The summed E-state index contributed by atoms with van der Waals surface area (Å²) in [6.45, 7) is 4.89. The van der Waals surface area contributed by atoms with Crippen molar-refractivity contribution < 1.29 is 18.6 Å². The van der Waals surface area contributed by atoms with Crippen LogP contribution in [0, 0.1) is 11.8 Å². The van der Waals surface area contributed by atoms with E-state index in [9.17, 15) is 18.6 Å². The van der Waals surface area contributed by atoms with E-state index in [1.807, 2.05) is 31.2 Å². The molecule has 0 radical (unpaired) electrons. The average Bonchev–Trinajstić information content (AvgIpc) is 3.76. The lowest BCUT2D eigenvalue weighted by Crippen LogP contribution is -2.45. The van der Waals surface area contributed by atoms with Crippen LogP contribution in [0.2, 0.25) is 0 Å². The summed E-state index contributed by atoms with van der Waals surface area (Å²) in [5, 5.41) is 3.74. The minimum absolute atomic E-state index is 0.0188. The van der Waals surface area contributed by atoms with Gasteiger partial charge in [0.15, 0.2) is 5.13 Å². The van der Waals surface area contributed by atoms with Crippen LogP contribution in [0.25, 0.3) is 10.2 Å². The summed E-state index contributed by atoms with van der Waals surface area (Å²) in [5.41, 5.74) is 6.23. The van der Waals surface area contributed by atoms with Crippen molar-refractivity contribution >= 4 is 55.4 Å². The van der Waals surface area contributed by atoms with Gasteiger partial charge in [-0.05, 0) is 69.9 Å². The van der Waals surface area contributed by atoms with Crippen molar-refractivity contribution in [1.29, 1.82) is 0 Å². The number of aromatic nitrogens is 1. The smallest absolute Gasteiger partial charge is 0.242 e. The normalized spacial score (nSPS) is 23.4. The molecular weight excluding hydrogens is 546 g/mol. The van der Waals surface area contributed by atoms with Crippen molar-refractivity contribution in [1.82, 2.24) is 14.6 Å². The van der Waals surface area contributed by atoms with Crippen molar-refractivity contribution in [2.45, 2.75) is 82.4 Å². The SMILES string of the molecule is CCCCC/C=C\[C@@H]1C[C@@H]1C(=O)NS(=O)C1(C)CC1.NC(=O)[C@@H]1CCCN1C(=O)CNc1nc2ccccc2s1. The summed E-state index contributed by atoms with van der Waals surface area (Å²) >= 11 is 1.50. The van der Waals surface area contributed by atoms with Gasteiger partial charge < -0.3 is 16.0 Å². The Morgan fingerprint density at radius 2 is 2.02 bits per heavy atom. The van der Waals surface area contributed by atoms with Crippen LogP contribution in [-0.2, 0) is 25.4 Å². The second-order valence-electron chi connectivity index (χ2n) is 11.1. The number of hydrogen-bond acceptors (Lipinski definition) is 7. The number of rotatable bonds is 12. The Labute approximate surface area is 242 Å². The lowest BCUT2D eigenvalue weighted by atomic mass is 10.2. The summed E-state index contributed by atoms with van der Waals surface area (Å²) in [6, 6.07) is 7.34. The highest BCUT2D eigenvalue weighted by atomic mass is 32.2. The fourth-order valence-corrected chi connectivity index (χ4v) is 6.64. The minimum Gasteiger partial charge on any atom is -0.368 e. The van der Waals surface area contributed by atoms with Crippen molar-refractivity contribution in [2.24, 2.45) is 17.6 Å². The molecule has 2 aromatic rings. The number of allylic oxidation sites excluding steroid dienone is 2. The Balaban J connectivity index is 0.000000186. The molecule has 3 amide bonds. The number of unbranched alkanes of at least 4 members (excludes halogenated alkanes) is 3. The third-order valence-electron chi connectivity index (χ3n) is 7.72. The number of anilines is 1. The molecule has 1 aromatic heterocycles. The van der Waals surface area contributed by atoms with Crippen molar-refractivity contribution in [3.63, 3.8) is 0 Å². The molecule has 218 valence electrons. The summed E-state index contributed by atoms with van der Waals surface area (Å²) in [4.78, 5) is 41.4. The van der Waals surface area contributed by atoms with E-state index in [2.05, 4.69) is 34.1 Å². The number of benzene rings is 1. The quantitative estimate of drug-likeness (QED) is 0.251. The van der Waals surface area contributed by atoms with Crippen LogP contribution in [0.5, 0.6) is 0 Å². The first-order chi connectivity index (χ1) is 19.2. The second kappa shape index (κ2) is 13.7. The second-order valence-corrected chi connectivity index (χ2v) is 13.9. The van der Waals surface area contributed by atoms with Gasteiger partial charge in [-0.3, -0.25) is 19.1 Å². The molecule has 1 aliphatic heterocycles. The molecule has 4 atom stereocenters. The van der Waals surface area contributed by atoms with Crippen LogP contribution in [-0.4, -0.2) is 55.7 Å². The molecule has 0 bridgehead atoms. The zero-order valence-corrected chi connectivity index (χ0v) is 25.0. The lowest BCUT2D eigenvalue weighted by Gasteiger charge is -2.22. The Morgan fingerprint density at radius 3 is 2.73 bits per heavy atom. The zero-order chi connectivity index (χ0) is 28.7. The van der Waals surface area contributed by atoms with Crippen LogP contribution in [0.3, 0.4) is 0 Å². The predicted molar refractivity (Wildman–Crippen MR) is 161 cm³/mol. The molecule has 1 saturated heterocycles. The standard InChI is InChI=1S/C15H25NO2S.C14H16N4O2S/c1-3-4-5-6-7-8-12-11-13(12)14(17)16-19(18)15(2)9-10-15;15-13(20)10-5-3-7-18(10)12(19)8-16-14-17-9-4-1-2-6-11(9)21-14/h7-8,12-13H,3-6,9-11H2,1-2H3,(H,16,17);1-2,4,6,10H,3,5,7-8H2,(H2,15,20)(H,16,17)/b8-7-;/t12-,13+,19?;10-/m10/s1. The molecule has 1 unspecified atom stereocenters. The number of nitrogens with zero attached hydrogens (tertiary/aromatic N) is 2. The molecule has 3 fully saturated rings. The van der Waals surface area contributed by atoms with Gasteiger partial charge in [-0.15, -0.1) is 0 Å². The van der Waals surface area contributed by atoms with E-state index in [0.717, 1.165) is 42.3 Å². The number of carbonyl (C=O) groups is 3. The maximum absolute atomic E-state index is 12.2. The Hall–Kier alpha value is -2.79. The lowest BCUT2D eigenvalue weighted by molar-refractivity contribution is -0.135. The van der Waals surface area contributed by atoms with E-state index in [0.29, 0.717) is 24.0 Å². The summed E-state index contributed by atoms with van der Waals surface area (Å²) in [5.74, 6) is -0.120. The Morgan fingerprint density at radius 1 is 1.25 bits per heavy atom. The number of fused-ring (bicyclic) bond motifs is 1. The number of nitrogens with one attached hydrogen (secondary N) is 2. The van der Waals surface area contributed by atoms with Crippen LogP contribution in [0.4, 0.5) is 5.13 Å². The molecule has 40 heavy (non-hydrogen) atoms. The number of para-hydroxylation sites is 1. The number of amides is 3. The van der Waals surface area contributed by atoms with Crippen LogP contribution >= 0.6 is 11.3 Å². The first-order valence-corrected chi connectivity index (χ1v) is 16.3. The average molecular weight is 588 g/mol. The highest BCUT2D eigenvalue weighted by Crippen LogP contribution is 2.42. The first kappa shape index (κ1) is 30.2. The largest absolute Gasteiger partial charge is 0.368 e. The van der Waals surface area contributed by atoms with Gasteiger partial charge in [0, 0.05) is 12.5 Å². The summed E-state index contributed by atoms with van der Waals surface area (Å²) in [7, 11) is -1.19. The van der Waals surface area contributed by atoms with Crippen LogP contribution in [0.1, 0.15) is 71.6 Å². The number of likely N-dealkylation sites (tertiary alicyclic amines) is 1. The molecule has 3 aliphatic rings. The molecule has 2 saturated carbocycles. The van der Waals surface area contributed by atoms with E-state index in [-0.39, 0.29) is 29.0 Å². The number of primary amides is 1. The molecule has 4 N–H and O–H groups in total. The van der Waals surface area contributed by atoms with E-state index in [4.69, 9.17) is 5.73 Å². The van der Waals surface area contributed by atoms with E-state index >= 15 is 0 Å². The van der Waals surface area contributed by atoms with Crippen LogP contribution < -0.4 is 15.8 Å². The van der Waals surface area contributed by atoms with Crippen molar-refractivity contribution in [2.75, 3.05) is 18.4 Å². The van der Waals surface area contributed by atoms with E-state index in [1.165, 1.54) is 30.6 Å². The molecule has 5 rings (SSSR count). The molecule has 0 spiro atoms. The third-order valence-corrected chi connectivity index (χ3v) is 10.4. The van der Waals surface area contributed by atoms with Gasteiger partial charge in [0.2, 0.25) is 17.7 Å². The van der Waals surface area contributed by atoms with Gasteiger partial charge in [-0.2, -0.15) is 0 Å². The van der Waals surface area contributed by atoms with Gasteiger partial charge in [-0.1, -0.05) is 55.4 Å². The Bertz CT molecular complexity index is 1230. The van der Waals surface area contributed by atoms with Crippen molar-refractivity contribution in [3.05, 3.63) is 36.4 Å². The number of nitrogens with two attached hydrogens (primary N) is 1. The zero-order valence-electron chi connectivity index (χ0n) is 23.4. The van der Waals surface area contributed by atoms with Gasteiger partial charge in [-0.25, -0.2) is 9.19 Å². The fraction of sp³-hybridized carbons (Fsp3) is 0.586. The fourth-order valence-electron chi connectivity index (χ4n) is 4.73. The van der Waals surface area contributed by atoms with E-state index in [1.54, 1.807) is 4.90 Å². The molecule has 11 heteroatoms. The first-order valence-electron chi connectivity index (χ1n) is 14.3. The van der Waals surface area contributed by atoms with E-state index < -0.39 is 22.9 Å². The number of hydrogen-bond donors (Lipinski definition) is 3. The summed E-state index contributed by atoms with van der Waals surface area (Å²) in [6.07, 6.45) is 13.6. The van der Waals surface area contributed by atoms with Gasteiger partial charge in [0.05, 0.1) is 21.5 Å².